The SMILES string of the molecule is O=[N+]([O-])[C@H]1[C@H](O)COC[C@@H]1O. The summed E-state index contributed by atoms with van der Waals surface area (Å²) in [6.07, 6.45) is -2.40. The van der Waals surface area contributed by atoms with Crippen LogP contribution in [0.5, 0.6) is 0 Å². The van der Waals surface area contributed by atoms with Crippen molar-refractivity contribution >= 4 is 0 Å². The first kappa shape index (κ1) is 8.38. The standard InChI is InChI=1S/C5H9NO5/c7-3-1-11-2-4(8)5(3)6(9)10/h3-5,7-8H,1-2H2/t3-,4+,5+. The Kier molecular flexibility index (Phi) is 2.38. The van der Waals surface area contributed by atoms with E-state index in [9.17, 15) is 10.1 Å². The van der Waals surface area contributed by atoms with Gasteiger partial charge < -0.3 is 14.9 Å². The second kappa shape index (κ2) is 3.12. The van der Waals surface area contributed by atoms with E-state index in [0.717, 1.165) is 0 Å². The Morgan fingerprint density at radius 1 is 1.36 bits per heavy atom. The van der Waals surface area contributed by atoms with Crippen molar-refractivity contribution < 1.29 is 19.9 Å². The van der Waals surface area contributed by atoms with Gasteiger partial charge in [-0.25, -0.2) is 0 Å². The lowest BCUT2D eigenvalue weighted by Crippen LogP contribution is -2.51. The minimum absolute atomic E-state index is 0.0806. The van der Waals surface area contributed by atoms with Crippen LogP contribution in [0, 0.1) is 10.1 Å². The van der Waals surface area contributed by atoms with Crippen molar-refractivity contribution in [2.24, 2.45) is 0 Å². The second-order valence-corrected chi connectivity index (χ2v) is 2.45. The topological polar surface area (TPSA) is 92.8 Å². The van der Waals surface area contributed by atoms with Gasteiger partial charge >= 0.3 is 0 Å². The third-order valence-corrected chi connectivity index (χ3v) is 1.61. The van der Waals surface area contributed by atoms with Gasteiger partial charge in [0.05, 0.1) is 13.2 Å². The fourth-order valence-electron chi connectivity index (χ4n) is 1.04. The molecule has 1 aliphatic rings. The molecule has 1 rings (SSSR count). The smallest absolute Gasteiger partial charge is 0.268 e. The number of aliphatic hydroxyl groups is 2. The normalized spacial score (nSPS) is 38.5. The van der Waals surface area contributed by atoms with Crippen LogP contribution in [-0.2, 0) is 4.74 Å². The summed E-state index contributed by atoms with van der Waals surface area (Å²) in [5, 5.41) is 28.2. The maximum Gasteiger partial charge on any atom is 0.268 e. The van der Waals surface area contributed by atoms with E-state index in [1.54, 1.807) is 0 Å². The molecule has 1 fully saturated rings. The summed E-state index contributed by atoms with van der Waals surface area (Å²) in [4.78, 5) is 9.52. The summed E-state index contributed by atoms with van der Waals surface area (Å²) < 4.78 is 4.67. The molecule has 2 N–H and O–H groups in total. The molecule has 6 nitrogen and oxygen atoms in total. The molecular weight excluding hydrogens is 154 g/mol. The summed E-state index contributed by atoms with van der Waals surface area (Å²) in [7, 11) is 0. The lowest BCUT2D eigenvalue weighted by atomic mass is 10.0. The number of nitro groups is 1. The van der Waals surface area contributed by atoms with E-state index in [1.165, 1.54) is 0 Å². The molecule has 0 amide bonds. The van der Waals surface area contributed by atoms with E-state index in [0.29, 0.717) is 0 Å². The predicted octanol–water partition coefficient (Wildman–Crippen LogP) is -1.62. The van der Waals surface area contributed by atoms with Gasteiger partial charge in [0.1, 0.15) is 12.2 Å². The largest absolute Gasteiger partial charge is 0.383 e. The number of ether oxygens (including phenoxy) is 1. The monoisotopic (exact) mass is 163 g/mol. The number of nitrogens with zero attached hydrogens (tertiary/aromatic N) is 1. The lowest BCUT2D eigenvalue weighted by Gasteiger charge is -2.25. The van der Waals surface area contributed by atoms with Crippen LogP contribution in [-0.4, -0.2) is 46.6 Å². The summed E-state index contributed by atoms with van der Waals surface area (Å²) in [5.41, 5.74) is 0. The van der Waals surface area contributed by atoms with Crippen molar-refractivity contribution in [1.82, 2.24) is 0 Å². The van der Waals surface area contributed by atoms with E-state index in [-0.39, 0.29) is 13.2 Å². The summed E-state index contributed by atoms with van der Waals surface area (Å²) in [6.45, 7) is -0.161. The van der Waals surface area contributed by atoms with Crippen LogP contribution < -0.4 is 0 Å². The molecule has 64 valence electrons. The van der Waals surface area contributed by atoms with Gasteiger partial charge in [-0.05, 0) is 0 Å². The molecule has 0 spiro atoms. The Balaban J connectivity index is 2.62. The lowest BCUT2D eigenvalue weighted by molar-refractivity contribution is -0.552. The summed E-state index contributed by atoms with van der Waals surface area (Å²) in [6, 6.07) is -1.30. The Hall–Kier alpha value is -0.720. The first-order chi connectivity index (χ1) is 5.13. The van der Waals surface area contributed by atoms with Gasteiger partial charge in [0.25, 0.3) is 6.04 Å². The molecule has 1 saturated heterocycles. The number of rotatable bonds is 1. The molecule has 0 aliphatic carbocycles. The fourth-order valence-corrected chi connectivity index (χ4v) is 1.04. The van der Waals surface area contributed by atoms with Crippen molar-refractivity contribution in [3.63, 3.8) is 0 Å². The molecule has 0 aromatic rings. The summed E-state index contributed by atoms with van der Waals surface area (Å²) >= 11 is 0. The van der Waals surface area contributed by atoms with Gasteiger partial charge in [0, 0.05) is 4.92 Å². The number of hydrogen-bond acceptors (Lipinski definition) is 5. The molecule has 0 aromatic heterocycles. The minimum Gasteiger partial charge on any atom is -0.383 e. The Labute approximate surface area is 62.5 Å². The molecule has 1 heterocycles. The van der Waals surface area contributed by atoms with Crippen molar-refractivity contribution in [1.29, 1.82) is 0 Å². The Bertz CT molecular complexity index is 151. The third kappa shape index (κ3) is 1.65. The molecule has 6 heteroatoms. The van der Waals surface area contributed by atoms with Crippen LogP contribution >= 0.6 is 0 Å². The fraction of sp³-hybridized carbons (Fsp3) is 1.00. The Morgan fingerprint density at radius 2 is 1.82 bits per heavy atom. The molecule has 11 heavy (non-hydrogen) atoms. The highest BCUT2D eigenvalue weighted by molar-refractivity contribution is 4.79. The van der Waals surface area contributed by atoms with Crippen LogP contribution in [0.2, 0.25) is 0 Å². The van der Waals surface area contributed by atoms with Gasteiger partial charge in [-0.1, -0.05) is 0 Å². The van der Waals surface area contributed by atoms with Crippen LogP contribution in [0.15, 0.2) is 0 Å². The van der Waals surface area contributed by atoms with E-state index in [1.807, 2.05) is 0 Å². The van der Waals surface area contributed by atoms with Gasteiger partial charge in [-0.15, -0.1) is 0 Å². The first-order valence-electron chi connectivity index (χ1n) is 3.20. The van der Waals surface area contributed by atoms with Crippen molar-refractivity contribution in [2.45, 2.75) is 18.2 Å². The third-order valence-electron chi connectivity index (χ3n) is 1.61. The molecule has 3 atom stereocenters. The number of aliphatic hydroxyl groups excluding tert-OH is 2. The second-order valence-electron chi connectivity index (χ2n) is 2.45. The summed E-state index contributed by atoms with van der Waals surface area (Å²) in [5.74, 6) is 0. The van der Waals surface area contributed by atoms with E-state index in [2.05, 4.69) is 4.74 Å². The first-order valence-corrected chi connectivity index (χ1v) is 3.20. The molecule has 0 saturated carbocycles. The Morgan fingerprint density at radius 3 is 2.09 bits per heavy atom. The van der Waals surface area contributed by atoms with Crippen molar-refractivity contribution in [2.75, 3.05) is 13.2 Å². The zero-order valence-electron chi connectivity index (χ0n) is 5.71. The highest BCUT2D eigenvalue weighted by Crippen LogP contribution is 2.11. The van der Waals surface area contributed by atoms with Crippen molar-refractivity contribution in [3.05, 3.63) is 10.1 Å². The highest BCUT2D eigenvalue weighted by atomic mass is 16.6. The maximum absolute atomic E-state index is 10.2. The van der Waals surface area contributed by atoms with Crippen LogP contribution in [0.3, 0.4) is 0 Å². The molecule has 0 bridgehead atoms. The zero-order chi connectivity index (χ0) is 8.43. The molecular formula is C5H9NO5. The van der Waals surface area contributed by atoms with E-state index < -0.39 is 23.2 Å². The van der Waals surface area contributed by atoms with Crippen LogP contribution in [0.1, 0.15) is 0 Å². The van der Waals surface area contributed by atoms with Gasteiger partial charge in [-0.3, -0.25) is 10.1 Å². The van der Waals surface area contributed by atoms with E-state index >= 15 is 0 Å². The molecule has 0 unspecified atom stereocenters. The van der Waals surface area contributed by atoms with Gasteiger partial charge in [0.2, 0.25) is 0 Å². The van der Waals surface area contributed by atoms with Gasteiger partial charge in [0.15, 0.2) is 0 Å². The van der Waals surface area contributed by atoms with Crippen molar-refractivity contribution in [3.8, 4) is 0 Å². The highest BCUT2D eigenvalue weighted by Gasteiger charge is 2.40. The van der Waals surface area contributed by atoms with Crippen LogP contribution in [0.4, 0.5) is 0 Å². The van der Waals surface area contributed by atoms with E-state index in [4.69, 9.17) is 10.2 Å². The average molecular weight is 163 g/mol. The average Bonchev–Trinajstić information content (AvgIpc) is 1.85. The quantitative estimate of drug-likeness (QED) is 0.358. The van der Waals surface area contributed by atoms with Crippen LogP contribution in [0.25, 0.3) is 0 Å². The molecule has 1 aliphatic heterocycles. The number of hydrogen-bond donors (Lipinski definition) is 2. The van der Waals surface area contributed by atoms with Gasteiger partial charge in [-0.2, -0.15) is 0 Å². The maximum atomic E-state index is 10.2. The predicted molar refractivity (Wildman–Crippen MR) is 33.6 cm³/mol. The zero-order valence-corrected chi connectivity index (χ0v) is 5.71. The molecule has 0 aromatic carbocycles. The molecule has 0 radical (unpaired) electrons. The minimum atomic E-state index is -1.30.